The average Bonchev–Trinajstić information content (AvgIpc) is 2.10. The molecule has 0 amide bonds. The van der Waals surface area contributed by atoms with Crippen molar-refractivity contribution in [3.8, 4) is 0 Å². The highest BCUT2D eigenvalue weighted by atomic mass is 35.5. The molecule has 0 atom stereocenters. The summed E-state index contributed by atoms with van der Waals surface area (Å²) in [4.78, 5) is 2.33. The summed E-state index contributed by atoms with van der Waals surface area (Å²) in [5.41, 5.74) is 2.67. The summed E-state index contributed by atoms with van der Waals surface area (Å²) in [6.07, 6.45) is 0. The average molecular weight is 226 g/mol. The Morgan fingerprint density at radius 3 is 2.33 bits per heavy atom. The lowest BCUT2D eigenvalue weighted by Gasteiger charge is -2.32. The molecule has 0 heterocycles. The summed E-state index contributed by atoms with van der Waals surface area (Å²) in [5, 5.41) is 0.845. The van der Waals surface area contributed by atoms with E-state index in [4.69, 9.17) is 11.6 Å². The smallest absolute Gasteiger partial charge is 0.0435 e. The number of hydrogen-bond donors (Lipinski definition) is 0. The van der Waals surface area contributed by atoms with Gasteiger partial charge in [-0.05, 0) is 51.9 Å². The van der Waals surface area contributed by atoms with Crippen molar-refractivity contribution >= 4 is 11.6 Å². The largest absolute Gasteiger partial charge is 0.297 e. The van der Waals surface area contributed by atoms with E-state index in [1.165, 1.54) is 5.56 Å². The molecule has 0 saturated heterocycles. The van der Waals surface area contributed by atoms with E-state index in [1.807, 2.05) is 13.0 Å². The lowest BCUT2D eigenvalue weighted by molar-refractivity contribution is 0.167. The lowest BCUT2D eigenvalue weighted by atomic mass is 10.0. The highest BCUT2D eigenvalue weighted by Gasteiger charge is 2.16. The molecular formula is C13H20ClN. The minimum atomic E-state index is 0.202. The van der Waals surface area contributed by atoms with Crippen LogP contribution in [0.3, 0.4) is 0 Å². The van der Waals surface area contributed by atoms with Crippen LogP contribution in [0.1, 0.15) is 31.9 Å². The van der Waals surface area contributed by atoms with E-state index >= 15 is 0 Å². The minimum Gasteiger partial charge on any atom is -0.297 e. The van der Waals surface area contributed by atoms with E-state index < -0.39 is 0 Å². The van der Waals surface area contributed by atoms with E-state index in [1.54, 1.807) is 0 Å². The van der Waals surface area contributed by atoms with Crippen molar-refractivity contribution in [2.24, 2.45) is 0 Å². The van der Waals surface area contributed by atoms with Gasteiger partial charge in [0.15, 0.2) is 0 Å². The summed E-state index contributed by atoms with van der Waals surface area (Å²) in [6.45, 7) is 9.66. The van der Waals surface area contributed by atoms with Crippen LogP contribution in [-0.2, 0) is 6.54 Å². The Labute approximate surface area is 98.0 Å². The zero-order valence-corrected chi connectivity index (χ0v) is 11.0. The molecule has 0 fully saturated rings. The Morgan fingerprint density at radius 2 is 1.87 bits per heavy atom. The van der Waals surface area contributed by atoms with Crippen molar-refractivity contribution < 1.29 is 0 Å². The second kappa shape index (κ2) is 4.54. The van der Waals surface area contributed by atoms with Crippen LogP contribution in [-0.4, -0.2) is 17.5 Å². The molecule has 0 spiro atoms. The standard InChI is InChI=1S/C13H20ClN/c1-10-8-11(6-7-12(10)14)9-15(5)13(2,3)4/h6-8H,9H2,1-5H3. The van der Waals surface area contributed by atoms with E-state index in [9.17, 15) is 0 Å². The Hall–Kier alpha value is -0.530. The van der Waals surface area contributed by atoms with Crippen LogP contribution in [0.15, 0.2) is 18.2 Å². The molecule has 1 aromatic rings. The molecule has 0 radical (unpaired) electrons. The van der Waals surface area contributed by atoms with Gasteiger partial charge in [-0.1, -0.05) is 23.7 Å². The van der Waals surface area contributed by atoms with Crippen LogP contribution in [0.2, 0.25) is 5.02 Å². The van der Waals surface area contributed by atoms with E-state index in [0.29, 0.717) is 0 Å². The molecule has 0 unspecified atom stereocenters. The topological polar surface area (TPSA) is 3.24 Å². The van der Waals surface area contributed by atoms with Gasteiger partial charge in [0.2, 0.25) is 0 Å². The summed E-state index contributed by atoms with van der Waals surface area (Å²) in [6, 6.07) is 6.23. The van der Waals surface area contributed by atoms with Crippen LogP contribution in [0.25, 0.3) is 0 Å². The number of nitrogens with zero attached hydrogens (tertiary/aromatic N) is 1. The van der Waals surface area contributed by atoms with Gasteiger partial charge in [-0.3, -0.25) is 4.90 Å². The van der Waals surface area contributed by atoms with Crippen molar-refractivity contribution in [1.82, 2.24) is 4.90 Å². The zero-order chi connectivity index (χ0) is 11.6. The number of halogens is 1. The first-order valence-corrected chi connectivity index (χ1v) is 5.65. The molecule has 0 bridgehead atoms. The summed E-state index contributed by atoms with van der Waals surface area (Å²) in [7, 11) is 2.14. The third-order valence-electron chi connectivity index (χ3n) is 2.79. The molecule has 0 aliphatic heterocycles. The molecule has 0 aromatic heterocycles. The van der Waals surface area contributed by atoms with Crippen molar-refractivity contribution in [3.05, 3.63) is 34.3 Å². The Kier molecular flexibility index (Phi) is 3.80. The maximum atomic E-state index is 5.99. The van der Waals surface area contributed by atoms with Gasteiger partial charge >= 0.3 is 0 Å². The van der Waals surface area contributed by atoms with Gasteiger partial charge in [0.05, 0.1) is 0 Å². The predicted octanol–water partition coefficient (Wildman–Crippen LogP) is 3.88. The highest BCUT2D eigenvalue weighted by molar-refractivity contribution is 6.31. The van der Waals surface area contributed by atoms with Gasteiger partial charge in [-0.2, -0.15) is 0 Å². The first-order chi connectivity index (χ1) is 6.80. The Morgan fingerprint density at radius 1 is 1.27 bits per heavy atom. The van der Waals surface area contributed by atoms with Gasteiger partial charge in [0.25, 0.3) is 0 Å². The fourth-order valence-electron chi connectivity index (χ4n) is 1.32. The molecular weight excluding hydrogens is 206 g/mol. The van der Waals surface area contributed by atoms with Gasteiger partial charge < -0.3 is 0 Å². The molecule has 1 rings (SSSR count). The van der Waals surface area contributed by atoms with Gasteiger partial charge in [-0.25, -0.2) is 0 Å². The number of aryl methyl sites for hydroxylation is 1. The summed E-state index contributed by atoms with van der Waals surface area (Å²) in [5.74, 6) is 0. The third-order valence-corrected chi connectivity index (χ3v) is 3.21. The molecule has 0 aliphatic rings. The molecule has 0 saturated carbocycles. The van der Waals surface area contributed by atoms with E-state index in [-0.39, 0.29) is 5.54 Å². The first kappa shape index (κ1) is 12.5. The quantitative estimate of drug-likeness (QED) is 0.739. The molecule has 1 aromatic carbocycles. The molecule has 84 valence electrons. The maximum absolute atomic E-state index is 5.99. The predicted molar refractivity (Wildman–Crippen MR) is 67.4 cm³/mol. The second-order valence-corrected chi connectivity index (χ2v) is 5.52. The van der Waals surface area contributed by atoms with Crippen molar-refractivity contribution in [1.29, 1.82) is 0 Å². The Bertz CT molecular complexity index is 339. The second-order valence-electron chi connectivity index (χ2n) is 5.11. The lowest BCUT2D eigenvalue weighted by Crippen LogP contribution is -2.37. The number of rotatable bonds is 2. The molecule has 0 N–H and O–H groups in total. The first-order valence-electron chi connectivity index (χ1n) is 5.27. The molecule has 0 aliphatic carbocycles. The zero-order valence-electron chi connectivity index (χ0n) is 10.3. The van der Waals surface area contributed by atoms with Gasteiger partial charge in [-0.15, -0.1) is 0 Å². The third kappa shape index (κ3) is 3.51. The number of benzene rings is 1. The van der Waals surface area contributed by atoms with Crippen molar-refractivity contribution in [3.63, 3.8) is 0 Å². The van der Waals surface area contributed by atoms with Crippen molar-refractivity contribution in [2.45, 2.75) is 39.8 Å². The molecule has 1 nitrogen and oxygen atoms in total. The summed E-state index contributed by atoms with van der Waals surface area (Å²) >= 11 is 5.99. The number of hydrogen-bond acceptors (Lipinski definition) is 1. The summed E-state index contributed by atoms with van der Waals surface area (Å²) < 4.78 is 0. The molecule has 15 heavy (non-hydrogen) atoms. The highest BCUT2D eigenvalue weighted by Crippen LogP contribution is 2.19. The molecule has 2 heteroatoms. The van der Waals surface area contributed by atoms with Gasteiger partial charge in [0.1, 0.15) is 0 Å². The van der Waals surface area contributed by atoms with Crippen LogP contribution < -0.4 is 0 Å². The fraction of sp³-hybridized carbons (Fsp3) is 0.538. The normalized spacial score (nSPS) is 12.2. The Balaban J connectivity index is 2.78. The monoisotopic (exact) mass is 225 g/mol. The van der Waals surface area contributed by atoms with Crippen LogP contribution in [0.5, 0.6) is 0 Å². The van der Waals surface area contributed by atoms with E-state index in [0.717, 1.165) is 17.1 Å². The minimum absolute atomic E-state index is 0.202. The van der Waals surface area contributed by atoms with E-state index in [2.05, 4.69) is 44.9 Å². The van der Waals surface area contributed by atoms with Crippen LogP contribution in [0.4, 0.5) is 0 Å². The SMILES string of the molecule is Cc1cc(CN(C)C(C)(C)C)ccc1Cl. The fourth-order valence-corrected chi connectivity index (χ4v) is 1.43. The van der Waals surface area contributed by atoms with Crippen LogP contribution >= 0.6 is 11.6 Å². The maximum Gasteiger partial charge on any atom is 0.0435 e. The van der Waals surface area contributed by atoms with Crippen molar-refractivity contribution in [2.75, 3.05) is 7.05 Å². The van der Waals surface area contributed by atoms with Crippen LogP contribution in [0, 0.1) is 6.92 Å². The van der Waals surface area contributed by atoms with Gasteiger partial charge in [0, 0.05) is 17.1 Å².